The van der Waals surface area contributed by atoms with E-state index in [1.807, 2.05) is 6.92 Å². The van der Waals surface area contributed by atoms with Crippen molar-refractivity contribution in [3.05, 3.63) is 0 Å². The monoisotopic (exact) mass is 304 g/mol. The van der Waals surface area contributed by atoms with Gasteiger partial charge >= 0.3 is 5.92 Å². The van der Waals surface area contributed by atoms with E-state index in [4.69, 9.17) is 0 Å². The van der Waals surface area contributed by atoms with Gasteiger partial charge in [0.1, 0.15) is 5.60 Å². The van der Waals surface area contributed by atoms with Crippen molar-refractivity contribution in [2.45, 2.75) is 63.5 Å². The number of alkyl halides is 2. The zero-order valence-electron chi connectivity index (χ0n) is 12.9. The zero-order valence-corrected chi connectivity index (χ0v) is 12.9. The van der Waals surface area contributed by atoms with E-state index in [1.54, 1.807) is 0 Å². The van der Waals surface area contributed by atoms with Gasteiger partial charge in [-0.1, -0.05) is 6.92 Å². The lowest BCUT2D eigenvalue weighted by molar-refractivity contribution is -0.216. The molecule has 6 heteroatoms. The lowest BCUT2D eigenvalue weighted by Gasteiger charge is -2.41. The Balaban J connectivity index is 1.83. The normalized spacial score (nSPS) is 27.8. The summed E-state index contributed by atoms with van der Waals surface area (Å²) in [5, 5.41) is 12.1. The van der Waals surface area contributed by atoms with Crippen LogP contribution in [-0.2, 0) is 4.79 Å². The number of nitrogens with zero attached hydrogens (tertiary/aromatic N) is 1. The Morgan fingerprint density at radius 1 is 1.48 bits per heavy atom. The van der Waals surface area contributed by atoms with E-state index < -0.39 is 17.4 Å². The molecular weight excluding hydrogens is 278 g/mol. The van der Waals surface area contributed by atoms with Crippen LogP contribution >= 0.6 is 0 Å². The molecule has 1 aliphatic carbocycles. The number of carbonyl (C=O) groups is 1. The SMILES string of the molecule is CC1CCCN(C(C)CNC(=O)C(F)(F)C2(O)CCC2)C1. The third kappa shape index (κ3) is 3.37. The van der Waals surface area contributed by atoms with Gasteiger partial charge in [-0.3, -0.25) is 9.69 Å². The molecule has 0 aromatic rings. The fourth-order valence-corrected chi connectivity index (χ4v) is 3.14. The van der Waals surface area contributed by atoms with Crippen molar-refractivity contribution >= 4 is 5.91 Å². The molecule has 2 rings (SSSR count). The van der Waals surface area contributed by atoms with E-state index in [9.17, 15) is 18.7 Å². The molecule has 1 aliphatic heterocycles. The third-order valence-electron chi connectivity index (χ3n) is 4.92. The van der Waals surface area contributed by atoms with Crippen molar-refractivity contribution in [1.29, 1.82) is 0 Å². The zero-order chi connectivity index (χ0) is 15.7. The average molecular weight is 304 g/mol. The molecule has 1 heterocycles. The van der Waals surface area contributed by atoms with Gasteiger partial charge in [0, 0.05) is 19.1 Å². The molecule has 1 saturated carbocycles. The molecule has 0 aromatic carbocycles. The topological polar surface area (TPSA) is 52.6 Å². The van der Waals surface area contributed by atoms with Crippen LogP contribution < -0.4 is 5.32 Å². The Morgan fingerprint density at radius 3 is 2.67 bits per heavy atom. The number of hydrogen-bond donors (Lipinski definition) is 2. The summed E-state index contributed by atoms with van der Waals surface area (Å²) in [5.41, 5.74) is -2.14. The summed E-state index contributed by atoms with van der Waals surface area (Å²) in [4.78, 5) is 13.9. The van der Waals surface area contributed by atoms with Gasteiger partial charge in [0.2, 0.25) is 0 Å². The highest BCUT2D eigenvalue weighted by molar-refractivity contribution is 5.85. The Bertz CT molecular complexity index is 386. The Morgan fingerprint density at radius 2 is 2.14 bits per heavy atom. The van der Waals surface area contributed by atoms with Gasteiger partial charge in [0.15, 0.2) is 0 Å². The Hall–Kier alpha value is -0.750. The van der Waals surface area contributed by atoms with Gasteiger partial charge < -0.3 is 10.4 Å². The summed E-state index contributed by atoms with van der Waals surface area (Å²) in [6, 6.07) is 0.0310. The van der Waals surface area contributed by atoms with Gasteiger partial charge in [-0.2, -0.15) is 8.78 Å². The second-order valence-corrected chi connectivity index (χ2v) is 6.76. The summed E-state index contributed by atoms with van der Waals surface area (Å²) in [5.74, 6) is -4.43. The number of carbonyl (C=O) groups excluding carboxylic acids is 1. The fourth-order valence-electron chi connectivity index (χ4n) is 3.14. The number of rotatable bonds is 5. The number of amides is 1. The molecule has 2 fully saturated rings. The van der Waals surface area contributed by atoms with Crippen LogP contribution in [0.25, 0.3) is 0 Å². The summed E-state index contributed by atoms with van der Waals surface area (Å²) in [7, 11) is 0. The highest BCUT2D eigenvalue weighted by Crippen LogP contribution is 2.44. The Kier molecular flexibility index (Phi) is 4.88. The molecule has 0 spiro atoms. The largest absolute Gasteiger partial charge is 0.383 e. The second-order valence-electron chi connectivity index (χ2n) is 6.76. The predicted molar refractivity (Wildman–Crippen MR) is 76.2 cm³/mol. The predicted octanol–water partition coefficient (Wildman–Crippen LogP) is 1.77. The van der Waals surface area contributed by atoms with Crippen molar-refractivity contribution in [3.63, 3.8) is 0 Å². The van der Waals surface area contributed by atoms with Gasteiger partial charge in [0.05, 0.1) is 0 Å². The molecule has 1 amide bonds. The van der Waals surface area contributed by atoms with Crippen LogP contribution in [-0.4, -0.2) is 53.1 Å². The molecule has 2 unspecified atom stereocenters. The lowest BCUT2D eigenvalue weighted by atomic mass is 9.75. The van der Waals surface area contributed by atoms with Gasteiger partial charge in [-0.25, -0.2) is 0 Å². The maximum atomic E-state index is 13.9. The van der Waals surface area contributed by atoms with Gasteiger partial charge in [-0.05, 0) is 51.5 Å². The van der Waals surface area contributed by atoms with Crippen LogP contribution in [0.5, 0.6) is 0 Å². The minimum Gasteiger partial charge on any atom is -0.383 e. The highest BCUT2D eigenvalue weighted by atomic mass is 19.3. The summed E-state index contributed by atoms with van der Waals surface area (Å²) < 4.78 is 27.9. The van der Waals surface area contributed by atoms with Crippen LogP contribution in [0.2, 0.25) is 0 Å². The van der Waals surface area contributed by atoms with E-state index in [1.165, 1.54) is 6.42 Å². The molecule has 1 saturated heterocycles. The number of piperidine rings is 1. The lowest BCUT2D eigenvalue weighted by Crippen LogP contribution is -2.61. The smallest absolute Gasteiger partial charge is 0.352 e. The molecule has 4 nitrogen and oxygen atoms in total. The van der Waals surface area contributed by atoms with Crippen molar-refractivity contribution < 1.29 is 18.7 Å². The molecule has 21 heavy (non-hydrogen) atoms. The van der Waals surface area contributed by atoms with Crippen molar-refractivity contribution in [1.82, 2.24) is 10.2 Å². The first-order chi connectivity index (χ1) is 9.76. The van der Waals surface area contributed by atoms with Crippen LogP contribution in [0.1, 0.15) is 46.0 Å². The van der Waals surface area contributed by atoms with Crippen LogP contribution in [0.15, 0.2) is 0 Å². The number of nitrogens with one attached hydrogen (secondary N) is 1. The third-order valence-corrected chi connectivity index (χ3v) is 4.92. The summed E-state index contributed by atoms with van der Waals surface area (Å²) >= 11 is 0. The first kappa shape index (κ1) is 16.6. The fraction of sp³-hybridized carbons (Fsp3) is 0.933. The quantitative estimate of drug-likeness (QED) is 0.814. The van der Waals surface area contributed by atoms with E-state index in [2.05, 4.69) is 17.1 Å². The summed E-state index contributed by atoms with van der Waals surface area (Å²) in [6.07, 6.45) is 2.83. The minimum atomic E-state index is -3.69. The number of likely N-dealkylation sites (tertiary alicyclic amines) is 1. The highest BCUT2D eigenvalue weighted by Gasteiger charge is 2.61. The summed E-state index contributed by atoms with van der Waals surface area (Å²) in [6.45, 7) is 6.20. The van der Waals surface area contributed by atoms with Crippen molar-refractivity contribution in [2.24, 2.45) is 5.92 Å². The molecule has 0 radical (unpaired) electrons. The maximum Gasteiger partial charge on any atom is 0.352 e. The van der Waals surface area contributed by atoms with Crippen molar-refractivity contribution in [3.8, 4) is 0 Å². The maximum absolute atomic E-state index is 13.9. The van der Waals surface area contributed by atoms with Crippen molar-refractivity contribution in [2.75, 3.05) is 19.6 Å². The van der Waals surface area contributed by atoms with Crippen LogP contribution in [0.4, 0.5) is 8.78 Å². The van der Waals surface area contributed by atoms with Gasteiger partial charge in [-0.15, -0.1) is 0 Å². The minimum absolute atomic E-state index is 0.00733. The van der Waals surface area contributed by atoms with E-state index in [0.717, 1.165) is 19.5 Å². The molecular formula is C15H26F2N2O2. The number of aliphatic hydroxyl groups is 1. The Labute approximate surface area is 124 Å². The molecule has 2 aliphatic rings. The second kappa shape index (κ2) is 6.16. The molecule has 2 atom stereocenters. The van der Waals surface area contributed by atoms with Crippen LogP contribution in [0.3, 0.4) is 0 Å². The number of halogens is 2. The first-order valence-corrected chi connectivity index (χ1v) is 7.89. The standard InChI is InChI=1S/C15H26F2N2O2/c1-11-5-3-8-19(10-11)12(2)9-18-13(20)15(16,17)14(21)6-4-7-14/h11-12,21H,3-10H2,1-2H3,(H,18,20). The first-order valence-electron chi connectivity index (χ1n) is 7.89. The average Bonchev–Trinajstić information content (AvgIpc) is 2.41. The number of hydrogen-bond acceptors (Lipinski definition) is 3. The van der Waals surface area contributed by atoms with Gasteiger partial charge in [0.25, 0.3) is 5.91 Å². The van der Waals surface area contributed by atoms with E-state index in [0.29, 0.717) is 12.3 Å². The van der Waals surface area contributed by atoms with Crippen LogP contribution in [0, 0.1) is 5.92 Å². The van der Waals surface area contributed by atoms with E-state index in [-0.39, 0.29) is 25.4 Å². The van der Waals surface area contributed by atoms with E-state index >= 15 is 0 Å². The molecule has 0 bridgehead atoms. The molecule has 2 N–H and O–H groups in total. The molecule has 0 aromatic heterocycles. The molecule has 122 valence electrons.